The van der Waals surface area contributed by atoms with Crippen molar-refractivity contribution in [3.63, 3.8) is 0 Å². The fourth-order valence-electron chi connectivity index (χ4n) is 2.02. The molecule has 1 saturated heterocycles. The Morgan fingerprint density at radius 3 is 3.12 bits per heavy atom. The highest BCUT2D eigenvalue weighted by Gasteiger charge is 2.18. The Morgan fingerprint density at radius 1 is 1.50 bits per heavy atom. The quantitative estimate of drug-likeness (QED) is 0.820. The minimum atomic E-state index is 0.358. The normalized spacial score (nSPS) is 25.1. The van der Waals surface area contributed by atoms with Gasteiger partial charge in [-0.3, -0.25) is 0 Å². The molecule has 2 atom stereocenters. The van der Waals surface area contributed by atoms with Crippen LogP contribution < -0.4 is 10.6 Å². The molecule has 2 rings (SSSR count). The van der Waals surface area contributed by atoms with Crippen LogP contribution in [0.5, 0.6) is 0 Å². The van der Waals surface area contributed by atoms with Crippen molar-refractivity contribution in [3.8, 4) is 0 Å². The molecule has 2 N–H and O–H groups in total. The predicted octanol–water partition coefficient (Wildman–Crippen LogP) is 2.10. The summed E-state index contributed by atoms with van der Waals surface area (Å²) in [7, 11) is 1.88. The lowest BCUT2D eigenvalue weighted by Gasteiger charge is -2.28. The zero-order chi connectivity index (χ0) is 11.4. The summed E-state index contributed by atoms with van der Waals surface area (Å²) in [5.41, 5.74) is 1.12. The molecule has 0 amide bonds. The molecule has 0 radical (unpaired) electrons. The Bertz CT molecular complexity index is 343. The van der Waals surface area contributed by atoms with Crippen molar-refractivity contribution in [1.29, 1.82) is 0 Å². The van der Waals surface area contributed by atoms with E-state index in [0.29, 0.717) is 12.1 Å². The molecule has 0 aromatic carbocycles. The van der Waals surface area contributed by atoms with Crippen LogP contribution in [-0.4, -0.2) is 30.8 Å². The van der Waals surface area contributed by atoms with E-state index < -0.39 is 0 Å². The maximum Gasteiger partial charge on any atom is 0.127 e. The van der Waals surface area contributed by atoms with Crippen molar-refractivity contribution in [1.82, 2.24) is 4.98 Å². The second-order valence-corrected chi connectivity index (χ2v) is 4.23. The van der Waals surface area contributed by atoms with Crippen LogP contribution in [0.1, 0.15) is 19.8 Å². The van der Waals surface area contributed by atoms with Gasteiger partial charge < -0.3 is 15.4 Å². The lowest BCUT2D eigenvalue weighted by atomic mass is 10.0. The Kier molecular flexibility index (Phi) is 3.62. The maximum atomic E-state index is 5.53. The van der Waals surface area contributed by atoms with Crippen LogP contribution in [0.3, 0.4) is 0 Å². The number of pyridine rings is 1. The van der Waals surface area contributed by atoms with Crippen molar-refractivity contribution in [3.05, 3.63) is 18.3 Å². The van der Waals surface area contributed by atoms with Crippen LogP contribution in [0, 0.1) is 0 Å². The van der Waals surface area contributed by atoms with Gasteiger partial charge in [0.05, 0.1) is 6.10 Å². The molecule has 1 aliphatic heterocycles. The third-order valence-electron chi connectivity index (χ3n) is 2.87. The second-order valence-electron chi connectivity index (χ2n) is 4.23. The second kappa shape index (κ2) is 5.16. The molecule has 1 aromatic rings. The first-order valence-corrected chi connectivity index (χ1v) is 5.80. The summed E-state index contributed by atoms with van der Waals surface area (Å²) in [6, 6.07) is 4.54. The molecule has 1 aromatic heterocycles. The summed E-state index contributed by atoms with van der Waals surface area (Å²) in [6.45, 7) is 2.97. The molecule has 16 heavy (non-hydrogen) atoms. The highest BCUT2D eigenvalue weighted by molar-refractivity contribution is 5.52. The molecular weight excluding hydrogens is 202 g/mol. The SMILES string of the molecule is CNc1cc(NC2CCOC(C)C2)ccn1. The monoisotopic (exact) mass is 221 g/mol. The zero-order valence-corrected chi connectivity index (χ0v) is 9.86. The van der Waals surface area contributed by atoms with Gasteiger partial charge in [-0.1, -0.05) is 0 Å². The summed E-state index contributed by atoms with van der Waals surface area (Å²) in [5, 5.41) is 6.56. The number of hydrogen-bond acceptors (Lipinski definition) is 4. The van der Waals surface area contributed by atoms with Gasteiger partial charge in [-0.25, -0.2) is 4.98 Å². The molecule has 2 unspecified atom stereocenters. The van der Waals surface area contributed by atoms with Crippen LogP contribution in [0.2, 0.25) is 0 Å². The molecule has 0 spiro atoms. The molecule has 0 aliphatic carbocycles. The molecule has 4 nitrogen and oxygen atoms in total. The molecule has 4 heteroatoms. The molecule has 2 heterocycles. The average molecular weight is 221 g/mol. The summed E-state index contributed by atoms with van der Waals surface area (Å²) in [5.74, 6) is 0.894. The van der Waals surface area contributed by atoms with Gasteiger partial charge in [-0.2, -0.15) is 0 Å². The Balaban J connectivity index is 1.97. The number of nitrogens with zero attached hydrogens (tertiary/aromatic N) is 1. The van der Waals surface area contributed by atoms with E-state index in [4.69, 9.17) is 4.74 Å². The highest BCUT2D eigenvalue weighted by atomic mass is 16.5. The Labute approximate surface area is 96.4 Å². The first-order valence-electron chi connectivity index (χ1n) is 5.80. The number of hydrogen-bond donors (Lipinski definition) is 2. The number of ether oxygens (including phenoxy) is 1. The van der Waals surface area contributed by atoms with Gasteiger partial charge in [0, 0.05) is 37.6 Å². The fraction of sp³-hybridized carbons (Fsp3) is 0.583. The largest absolute Gasteiger partial charge is 0.382 e. The highest BCUT2D eigenvalue weighted by Crippen LogP contribution is 2.19. The fourth-order valence-corrected chi connectivity index (χ4v) is 2.02. The molecule has 1 fully saturated rings. The van der Waals surface area contributed by atoms with Gasteiger partial charge in [0.2, 0.25) is 0 Å². The summed E-state index contributed by atoms with van der Waals surface area (Å²) < 4.78 is 5.53. The molecule has 0 bridgehead atoms. The van der Waals surface area contributed by atoms with E-state index in [1.165, 1.54) is 0 Å². The van der Waals surface area contributed by atoms with E-state index in [9.17, 15) is 0 Å². The topological polar surface area (TPSA) is 46.2 Å². The number of rotatable bonds is 3. The summed E-state index contributed by atoms with van der Waals surface area (Å²) in [4.78, 5) is 4.19. The lowest BCUT2D eigenvalue weighted by Crippen LogP contribution is -2.32. The van der Waals surface area contributed by atoms with Crippen molar-refractivity contribution >= 4 is 11.5 Å². The third kappa shape index (κ3) is 2.85. The average Bonchev–Trinajstić information content (AvgIpc) is 2.29. The summed E-state index contributed by atoms with van der Waals surface area (Å²) >= 11 is 0. The maximum absolute atomic E-state index is 5.53. The first-order chi connectivity index (χ1) is 7.78. The van der Waals surface area contributed by atoms with E-state index in [0.717, 1.165) is 31.0 Å². The minimum absolute atomic E-state index is 0.358. The van der Waals surface area contributed by atoms with Crippen molar-refractivity contribution in [2.24, 2.45) is 0 Å². The van der Waals surface area contributed by atoms with Crippen LogP contribution in [-0.2, 0) is 4.74 Å². The predicted molar refractivity (Wildman–Crippen MR) is 65.8 cm³/mol. The van der Waals surface area contributed by atoms with E-state index >= 15 is 0 Å². The third-order valence-corrected chi connectivity index (χ3v) is 2.87. The van der Waals surface area contributed by atoms with Gasteiger partial charge >= 0.3 is 0 Å². The standard InChI is InChI=1S/C12H19N3O/c1-9-7-11(4-6-16-9)15-10-3-5-14-12(8-10)13-2/h3,5,8-9,11H,4,6-7H2,1-2H3,(H2,13,14,15). The van der Waals surface area contributed by atoms with Gasteiger partial charge in [-0.15, -0.1) is 0 Å². The zero-order valence-electron chi connectivity index (χ0n) is 9.86. The molecule has 0 saturated carbocycles. The van der Waals surface area contributed by atoms with Crippen LogP contribution >= 0.6 is 0 Å². The Hall–Kier alpha value is -1.29. The van der Waals surface area contributed by atoms with E-state index in [1.807, 2.05) is 25.4 Å². The van der Waals surface area contributed by atoms with Crippen molar-refractivity contribution in [2.45, 2.75) is 31.9 Å². The number of nitrogens with one attached hydrogen (secondary N) is 2. The molecule has 88 valence electrons. The van der Waals surface area contributed by atoms with E-state index in [1.54, 1.807) is 0 Å². The van der Waals surface area contributed by atoms with Crippen LogP contribution in [0.4, 0.5) is 11.5 Å². The summed E-state index contributed by atoms with van der Waals surface area (Å²) in [6.07, 6.45) is 4.31. The smallest absolute Gasteiger partial charge is 0.127 e. The molecule has 1 aliphatic rings. The first kappa shape index (κ1) is 11.2. The lowest BCUT2D eigenvalue weighted by molar-refractivity contribution is 0.0232. The van der Waals surface area contributed by atoms with Crippen LogP contribution in [0.25, 0.3) is 0 Å². The molecular formula is C12H19N3O. The van der Waals surface area contributed by atoms with Crippen molar-refractivity contribution < 1.29 is 4.74 Å². The number of aromatic nitrogens is 1. The number of anilines is 2. The Morgan fingerprint density at radius 2 is 2.38 bits per heavy atom. The van der Waals surface area contributed by atoms with Gasteiger partial charge in [0.1, 0.15) is 5.82 Å². The van der Waals surface area contributed by atoms with Gasteiger partial charge in [0.25, 0.3) is 0 Å². The van der Waals surface area contributed by atoms with Crippen LogP contribution in [0.15, 0.2) is 18.3 Å². The minimum Gasteiger partial charge on any atom is -0.382 e. The van der Waals surface area contributed by atoms with Gasteiger partial charge in [0.15, 0.2) is 0 Å². The van der Waals surface area contributed by atoms with Gasteiger partial charge in [-0.05, 0) is 25.8 Å². The van der Waals surface area contributed by atoms with E-state index in [2.05, 4.69) is 22.5 Å². The van der Waals surface area contributed by atoms with Crippen molar-refractivity contribution in [2.75, 3.05) is 24.3 Å². The van der Waals surface area contributed by atoms with E-state index in [-0.39, 0.29) is 0 Å².